The van der Waals surface area contributed by atoms with Gasteiger partial charge in [0.15, 0.2) is 0 Å². The molecular weight excluding hydrogens is 194 g/mol. The van der Waals surface area contributed by atoms with Gasteiger partial charge in [0.2, 0.25) is 0 Å². The van der Waals surface area contributed by atoms with E-state index in [1.807, 2.05) is 0 Å². The summed E-state index contributed by atoms with van der Waals surface area (Å²) in [5.74, 6) is 0.971. The van der Waals surface area contributed by atoms with Crippen LogP contribution in [-0.2, 0) is 0 Å². The summed E-state index contributed by atoms with van der Waals surface area (Å²) in [6.45, 7) is 5.54. The topological polar surface area (TPSA) is 26.0 Å². The molecule has 1 rings (SSSR count). The molecule has 2 N–H and O–H groups in total. The zero-order valence-corrected chi connectivity index (χ0v) is 11.4. The maximum Gasteiger partial charge on any atom is -0.00204 e. The van der Waals surface area contributed by atoms with Crippen molar-refractivity contribution >= 4 is 0 Å². The Morgan fingerprint density at radius 2 is 1.88 bits per heavy atom. The van der Waals surface area contributed by atoms with E-state index in [4.69, 9.17) is 5.73 Å². The van der Waals surface area contributed by atoms with Crippen molar-refractivity contribution in [1.29, 1.82) is 0 Å². The molecule has 16 heavy (non-hydrogen) atoms. The first-order valence-electron chi connectivity index (χ1n) is 7.46. The van der Waals surface area contributed by atoms with Crippen molar-refractivity contribution in [1.82, 2.24) is 0 Å². The SMILES string of the molecule is CCCCCCCC1(CN)CCC(CC)C1. The molecule has 0 aromatic carbocycles. The highest BCUT2D eigenvalue weighted by atomic mass is 14.6. The van der Waals surface area contributed by atoms with Crippen LogP contribution in [-0.4, -0.2) is 6.54 Å². The van der Waals surface area contributed by atoms with Gasteiger partial charge in [-0.3, -0.25) is 0 Å². The van der Waals surface area contributed by atoms with Gasteiger partial charge in [-0.1, -0.05) is 52.4 Å². The van der Waals surface area contributed by atoms with E-state index in [1.54, 1.807) is 0 Å². The van der Waals surface area contributed by atoms with E-state index in [9.17, 15) is 0 Å². The number of rotatable bonds is 8. The second kappa shape index (κ2) is 7.32. The number of hydrogen-bond acceptors (Lipinski definition) is 1. The van der Waals surface area contributed by atoms with Crippen molar-refractivity contribution in [2.24, 2.45) is 17.1 Å². The van der Waals surface area contributed by atoms with Crippen molar-refractivity contribution < 1.29 is 0 Å². The van der Waals surface area contributed by atoms with Gasteiger partial charge in [-0.2, -0.15) is 0 Å². The number of hydrogen-bond donors (Lipinski definition) is 1. The third-order valence-corrected chi connectivity index (χ3v) is 4.63. The fourth-order valence-corrected chi connectivity index (χ4v) is 3.29. The van der Waals surface area contributed by atoms with Crippen LogP contribution in [0.5, 0.6) is 0 Å². The van der Waals surface area contributed by atoms with Crippen molar-refractivity contribution in [3.63, 3.8) is 0 Å². The van der Waals surface area contributed by atoms with Crippen molar-refractivity contribution in [2.45, 2.75) is 78.1 Å². The molecule has 1 aliphatic carbocycles. The average molecular weight is 225 g/mol. The van der Waals surface area contributed by atoms with Crippen LogP contribution in [0, 0.1) is 11.3 Å². The van der Waals surface area contributed by atoms with E-state index in [1.165, 1.54) is 64.2 Å². The lowest BCUT2D eigenvalue weighted by atomic mass is 9.80. The predicted octanol–water partition coefficient (Wildman–Crippen LogP) is 4.50. The molecule has 96 valence electrons. The molecule has 0 aromatic rings. The molecule has 0 bridgehead atoms. The molecule has 0 saturated heterocycles. The molecule has 0 aromatic heterocycles. The standard InChI is InChI=1S/C15H31N/c1-3-5-6-7-8-10-15(13-16)11-9-14(4-2)12-15/h14H,3-13,16H2,1-2H3. The minimum absolute atomic E-state index is 0.535. The fraction of sp³-hybridized carbons (Fsp3) is 1.00. The first-order valence-corrected chi connectivity index (χ1v) is 7.46. The molecule has 1 aliphatic rings. The summed E-state index contributed by atoms with van der Waals surface area (Å²) in [5, 5.41) is 0. The highest BCUT2D eigenvalue weighted by molar-refractivity contribution is 4.89. The van der Waals surface area contributed by atoms with Crippen LogP contribution in [0.25, 0.3) is 0 Å². The van der Waals surface area contributed by atoms with Crippen molar-refractivity contribution in [2.75, 3.05) is 6.54 Å². The molecule has 0 amide bonds. The Balaban J connectivity index is 2.21. The molecule has 0 spiro atoms. The first-order chi connectivity index (χ1) is 7.76. The summed E-state index contributed by atoms with van der Waals surface area (Å²) in [5.41, 5.74) is 6.56. The largest absolute Gasteiger partial charge is 0.330 e. The fourth-order valence-electron chi connectivity index (χ4n) is 3.29. The summed E-state index contributed by atoms with van der Waals surface area (Å²) in [6.07, 6.45) is 14.0. The maximum atomic E-state index is 6.03. The predicted molar refractivity (Wildman–Crippen MR) is 72.5 cm³/mol. The highest BCUT2D eigenvalue weighted by Gasteiger charge is 2.36. The van der Waals surface area contributed by atoms with Gasteiger partial charge in [-0.25, -0.2) is 0 Å². The molecule has 2 unspecified atom stereocenters. The quantitative estimate of drug-likeness (QED) is 0.605. The molecule has 0 heterocycles. The van der Waals surface area contributed by atoms with Crippen molar-refractivity contribution in [3.8, 4) is 0 Å². The van der Waals surface area contributed by atoms with Gasteiger partial charge in [-0.15, -0.1) is 0 Å². The highest BCUT2D eigenvalue weighted by Crippen LogP contribution is 2.45. The molecule has 1 nitrogen and oxygen atoms in total. The summed E-state index contributed by atoms with van der Waals surface area (Å²) < 4.78 is 0. The van der Waals surface area contributed by atoms with Crippen molar-refractivity contribution in [3.05, 3.63) is 0 Å². The summed E-state index contributed by atoms with van der Waals surface area (Å²) in [7, 11) is 0. The van der Waals surface area contributed by atoms with Crippen LogP contribution in [0.4, 0.5) is 0 Å². The second-order valence-electron chi connectivity index (χ2n) is 5.89. The first kappa shape index (κ1) is 14.0. The molecule has 1 heteroatoms. The third-order valence-electron chi connectivity index (χ3n) is 4.63. The summed E-state index contributed by atoms with van der Waals surface area (Å²) >= 11 is 0. The smallest absolute Gasteiger partial charge is 0.00204 e. The Hall–Kier alpha value is -0.0400. The monoisotopic (exact) mass is 225 g/mol. The summed E-state index contributed by atoms with van der Waals surface area (Å²) in [4.78, 5) is 0. The van der Waals surface area contributed by atoms with Crippen LogP contribution in [0.3, 0.4) is 0 Å². The van der Waals surface area contributed by atoms with Gasteiger partial charge >= 0.3 is 0 Å². The molecule has 2 atom stereocenters. The van der Waals surface area contributed by atoms with Gasteiger partial charge in [0.1, 0.15) is 0 Å². The lowest BCUT2D eigenvalue weighted by Gasteiger charge is -2.27. The third kappa shape index (κ3) is 4.08. The average Bonchev–Trinajstić information content (AvgIpc) is 2.73. The van der Waals surface area contributed by atoms with E-state index in [0.717, 1.165) is 12.5 Å². The van der Waals surface area contributed by atoms with Gasteiger partial charge < -0.3 is 5.73 Å². The second-order valence-corrected chi connectivity index (χ2v) is 5.89. The minimum atomic E-state index is 0.535. The van der Waals surface area contributed by atoms with Crippen LogP contribution < -0.4 is 5.73 Å². The molecular formula is C15H31N. The maximum absolute atomic E-state index is 6.03. The van der Waals surface area contributed by atoms with E-state index < -0.39 is 0 Å². The van der Waals surface area contributed by atoms with Gasteiger partial charge in [0, 0.05) is 0 Å². The van der Waals surface area contributed by atoms with Crippen LogP contribution in [0.1, 0.15) is 78.1 Å². The number of nitrogens with two attached hydrogens (primary N) is 1. The molecule has 0 aliphatic heterocycles. The Kier molecular flexibility index (Phi) is 6.41. The van der Waals surface area contributed by atoms with Gasteiger partial charge in [0.05, 0.1) is 0 Å². The molecule has 0 radical (unpaired) electrons. The zero-order valence-electron chi connectivity index (χ0n) is 11.4. The Bertz CT molecular complexity index is 178. The van der Waals surface area contributed by atoms with Crippen LogP contribution >= 0.6 is 0 Å². The van der Waals surface area contributed by atoms with Crippen LogP contribution in [0.2, 0.25) is 0 Å². The molecule has 1 fully saturated rings. The van der Waals surface area contributed by atoms with E-state index in [-0.39, 0.29) is 0 Å². The lowest BCUT2D eigenvalue weighted by Crippen LogP contribution is -2.27. The Morgan fingerprint density at radius 1 is 1.12 bits per heavy atom. The van der Waals surface area contributed by atoms with E-state index in [0.29, 0.717) is 5.41 Å². The van der Waals surface area contributed by atoms with E-state index >= 15 is 0 Å². The zero-order chi connectivity index (χ0) is 11.9. The van der Waals surface area contributed by atoms with Crippen LogP contribution in [0.15, 0.2) is 0 Å². The normalized spacial score (nSPS) is 29.8. The number of unbranched alkanes of at least 4 members (excludes halogenated alkanes) is 4. The Morgan fingerprint density at radius 3 is 2.44 bits per heavy atom. The summed E-state index contributed by atoms with van der Waals surface area (Å²) in [6, 6.07) is 0. The van der Waals surface area contributed by atoms with E-state index in [2.05, 4.69) is 13.8 Å². The minimum Gasteiger partial charge on any atom is -0.330 e. The van der Waals surface area contributed by atoms with Gasteiger partial charge in [0.25, 0.3) is 0 Å². The Labute approximate surface area is 102 Å². The molecule has 1 saturated carbocycles. The van der Waals surface area contributed by atoms with Gasteiger partial charge in [-0.05, 0) is 43.6 Å². The lowest BCUT2D eigenvalue weighted by molar-refractivity contribution is 0.258.